The zero-order valence-corrected chi connectivity index (χ0v) is 18.3. The topological polar surface area (TPSA) is 48.9 Å². The molecule has 0 aliphatic carbocycles. The average molecular weight is 460 g/mol. The van der Waals surface area contributed by atoms with Crippen molar-refractivity contribution in [2.45, 2.75) is 39.2 Å². The number of hydrogen-bond donors (Lipinski definition) is 2. The standard InChI is InChI=1S/C19H32N4O.HI/c1-5-15(2)23(4)12-11-22-19(20-3)21-10-8-16-6-7-18-17(14-16)9-13-24-18;/h6-7,14-15H,5,8-13H2,1-4H3,(H2,20,21,22);1H. The lowest BCUT2D eigenvalue weighted by Gasteiger charge is -2.24. The highest BCUT2D eigenvalue weighted by Gasteiger charge is 2.11. The van der Waals surface area contributed by atoms with Crippen LogP contribution in [0.5, 0.6) is 5.75 Å². The number of benzene rings is 1. The van der Waals surface area contributed by atoms with E-state index in [4.69, 9.17) is 4.74 Å². The second-order valence-corrected chi connectivity index (χ2v) is 6.45. The fourth-order valence-corrected chi connectivity index (χ4v) is 2.82. The van der Waals surface area contributed by atoms with E-state index >= 15 is 0 Å². The van der Waals surface area contributed by atoms with Gasteiger partial charge in [0, 0.05) is 39.1 Å². The predicted molar refractivity (Wildman–Crippen MR) is 117 cm³/mol. The number of halogens is 1. The smallest absolute Gasteiger partial charge is 0.191 e. The molecule has 0 bridgehead atoms. The third-order valence-electron chi connectivity index (χ3n) is 4.78. The quantitative estimate of drug-likeness (QED) is 0.356. The van der Waals surface area contributed by atoms with E-state index in [2.05, 4.69) is 59.6 Å². The molecule has 1 unspecified atom stereocenters. The van der Waals surface area contributed by atoms with E-state index in [-0.39, 0.29) is 24.0 Å². The van der Waals surface area contributed by atoms with Gasteiger partial charge in [-0.3, -0.25) is 4.99 Å². The minimum atomic E-state index is 0. The molecule has 2 rings (SSSR count). The van der Waals surface area contributed by atoms with Crippen LogP contribution in [0.3, 0.4) is 0 Å². The van der Waals surface area contributed by atoms with E-state index in [9.17, 15) is 0 Å². The number of hydrogen-bond acceptors (Lipinski definition) is 3. The van der Waals surface area contributed by atoms with Gasteiger partial charge in [0.15, 0.2) is 5.96 Å². The molecular weight excluding hydrogens is 427 g/mol. The first-order chi connectivity index (χ1) is 11.6. The van der Waals surface area contributed by atoms with Crippen molar-refractivity contribution in [3.05, 3.63) is 29.3 Å². The lowest BCUT2D eigenvalue weighted by Crippen LogP contribution is -2.42. The van der Waals surface area contributed by atoms with Gasteiger partial charge in [-0.1, -0.05) is 19.1 Å². The van der Waals surface area contributed by atoms with Crippen LogP contribution in [-0.2, 0) is 12.8 Å². The van der Waals surface area contributed by atoms with E-state index in [1.807, 2.05) is 7.05 Å². The lowest BCUT2D eigenvalue weighted by molar-refractivity contribution is 0.255. The number of rotatable bonds is 8. The number of likely N-dealkylation sites (N-methyl/N-ethyl adjacent to an activating group) is 1. The minimum absolute atomic E-state index is 0. The van der Waals surface area contributed by atoms with Crippen LogP contribution < -0.4 is 15.4 Å². The van der Waals surface area contributed by atoms with Gasteiger partial charge in [-0.25, -0.2) is 0 Å². The Kier molecular flexibility index (Phi) is 10.2. The fraction of sp³-hybridized carbons (Fsp3) is 0.632. The third kappa shape index (κ3) is 7.01. The van der Waals surface area contributed by atoms with Gasteiger partial charge in [0.05, 0.1) is 6.61 Å². The van der Waals surface area contributed by atoms with Gasteiger partial charge >= 0.3 is 0 Å². The predicted octanol–water partition coefficient (Wildman–Crippen LogP) is 2.68. The molecule has 1 aliphatic heterocycles. The van der Waals surface area contributed by atoms with Crippen molar-refractivity contribution < 1.29 is 4.74 Å². The molecule has 142 valence electrons. The maximum Gasteiger partial charge on any atom is 0.191 e. The lowest BCUT2D eigenvalue weighted by atomic mass is 10.1. The first kappa shape index (κ1) is 22.0. The number of nitrogens with zero attached hydrogens (tertiary/aromatic N) is 2. The van der Waals surface area contributed by atoms with E-state index in [0.29, 0.717) is 6.04 Å². The maximum atomic E-state index is 5.55. The molecule has 1 aromatic carbocycles. The van der Waals surface area contributed by atoms with Gasteiger partial charge in [-0.15, -0.1) is 24.0 Å². The summed E-state index contributed by atoms with van der Waals surface area (Å²) in [6.07, 6.45) is 3.19. The Morgan fingerprint density at radius 2 is 2.08 bits per heavy atom. The highest BCUT2D eigenvalue weighted by Crippen LogP contribution is 2.25. The van der Waals surface area contributed by atoms with Crippen molar-refractivity contribution in [3.63, 3.8) is 0 Å². The molecule has 2 N–H and O–H groups in total. The Balaban J connectivity index is 0.00000312. The highest BCUT2D eigenvalue weighted by molar-refractivity contribution is 14.0. The Morgan fingerprint density at radius 1 is 1.32 bits per heavy atom. The summed E-state index contributed by atoms with van der Waals surface area (Å²) in [5.74, 6) is 1.92. The molecule has 25 heavy (non-hydrogen) atoms. The van der Waals surface area contributed by atoms with E-state index in [0.717, 1.165) is 50.8 Å². The number of fused-ring (bicyclic) bond motifs is 1. The summed E-state index contributed by atoms with van der Waals surface area (Å²) in [7, 11) is 3.99. The molecule has 5 nitrogen and oxygen atoms in total. The number of nitrogens with one attached hydrogen (secondary N) is 2. The van der Waals surface area contributed by atoms with Crippen LogP contribution in [0.4, 0.5) is 0 Å². The van der Waals surface area contributed by atoms with E-state index < -0.39 is 0 Å². The summed E-state index contributed by atoms with van der Waals surface area (Å²) in [4.78, 5) is 6.66. The molecule has 1 aromatic rings. The number of guanidine groups is 1. The van der Waals surface area contributed by atoms with Gasteiger partial charge in [0.1, 0.15) is 5.75 Å². The molecule has 0 saturated carbocycles. The van der Waals surface area contributed by atoms with Crippen molar-refractivity contribution in [2.24, 2.45) is 4.99 Å². The summed E-state index contributed by atoms with van der Waals surface area (Å²) in [5, 5.41) is 6.78. The molecule has 0 amide bonds. The van der Waals surface area contributed by atoms with Gasteiger partial charge in [-0.05, 0) is 44.0 Å². The second kappa shape index (κ2) is 11.6. The monoisotopic (exact) mass is 460 g/mol. The zero-order valence-electron chi connectivity index (χ0n) is 16.0. The Bertz CT molecular complexity index is 550. The summed E-state index contributed by atoms with van der Waals surface area (Å²) in [6.45, 7) is 8.09. The Labute approximate surface area is 169 Å². The zero-order chi connectivity index (χ0) is 17.4. The molecule has 0 radical (unpaired) electrons. The van der Waals surface area contributed by atoms with E-state index in [1.165, 1.54) is 17.5 Å². The molecule has 1 aliphatic rings. The highest BCUT2D eigenvalue weighted by atomic mass is 127. The van der Waals surface area contributed by atoms with Gasteiger partial charge in [-0.2, -0.15) is 0 Å². The van der Waals surface area contributed by atoms with Crippen LogP contribution in [0.2, 0.25) is 0 Å². The van der Waals surface area contributed by atoms with Gasteiger partial charge < -0.3 is 20.3 Å². The van der Waals surface area contributed by atoms with Crippen LogP contribution in [0.15, 0.2) is 23.2 Å². The van der Waals surface area contributed by atoms with Crippen molar-refractivity contribution in [1.29, 1.82) is 0 Å². The van der Waals surface area contributed by atoms with Crippen LogP contribution >= 0.6 is 24.0 Å². The molecule has 0 saturated heterocycles. The summed E-state index contributed by atoms with van der Waals surface area (Å²) in [5.41, 5.74) is 2.68. The number of ether oxygens (including phenoxy) is 1. The normalized spacial score (nSPS) is 14.5. The molecule has 1 heterocycles. The van der Waals surface area contributed by atoms with Crippen molar-refractivity contribution in [2.75, 3.05) is 40.3 Å². The summed E-state index contributed by atoms with van der Waals surface area (Å²) < 4.78 is 5.55. The molecule has 0 spiro atoms. The number of aliphatic imine (C=N–C) groups is 1. The van der Waals surface area contributed by atoms with Crippen molar-refractivity contribution in [3.8, 4) is 5.75 Å². The SMILES string of the molecule is CCC(C)N(C)CCNC(=NC)NCCc1ccc2c(c1)CCO2.I. The van der Waals surface area contributed by atoms with E-state index in [1.54, 1.807) is 0 Å². The second-order valence-electron chi connectivity index (χ2n) is 6.45. The van der Waals surface area contributed by atoms with Gasteiger partial charge in [0.25, 0.3) is 0 Å². The molecule has 1 atom stereocenters. The third-order valence-corrected chi connectivity index (χ3v) is 4.78. The van der Waals surface area contributed by atoms with Crippen molar-refractivity contribution in [1.82, 2.24) is 15.5 Å². The van der Waals surface area contributed by atoms with Crippen molar-refractivity contribution >= 4 is 29.9 Å². The molecule has 0 fully saturated rings. The first-order valence-corrected chi connectivity index (χ1v) is 9.03. The van der Waals surface area contributed by atoms with Crippen LogP contribution in [-0.4, -0.2) is 57.2 Å². The van der Waals surface area contributed by atoms with Crippen LogP contribution in [0.1, 0.15) is 31.4 Å². The largest absolute Gasteiger partial charge is 0.493 e. The maximum absolute atomic E-state index is 5.55. The molecule has 0 aromatic heterocycles. The molecular formula is C19H33IN4O. The summed E-state index contributed by atoms with van der Waals surface area (Å²) in [6, 6.07) is 7.13. The minimum Gasteiger partial charge on any atom is -0.493 e. The average Bonchev–Trinajstić information content (AvgIpc) is 3.07. The van der Waals surface area contributed by atoms with Crippen LogP contribution in [0, 0.1) is 0 Å². The molecule has 6 heteroatoms. The fourth-order valence-electron chi connectivity index (χ4n) is 2.82. The first-order valence-electron chi connectivity index (χ1n) is 9.03. The Hall–Kier alpha value is -1.02. The Morgan fingerprint density at radius 3 is 2.80 bits per heavy atom. The van der Waals surface area contributed by atoms with Crippen LogP contribution in [0.25, 0.3) is 0 Å². The summed E-state index contributed by atoms with van der Waals surface area (Å²) >= 11 is 0. The van der Waals surface area contributed by atoms with Gasteiger partial charge in [0.2, 0.25) is 0 Å².